The van der Waals surface area contributed by atoms with Crippen LogP contribution in [-0.2, 0) is 22.5 Å². The number of aromatic amines is 1. The van der Waals surface area contributed by atoms with Crippen molar-refractivity contribution in [1.82, 2.24) is 25.9 Å². The lowest BCUT2D eigenvalue weighted by molar-refractivity contribution is -0.122. The molecule has 2 amide bonds. The van der Waals surface area contributed by atoms with Crippen LogP contribution in [0.1, 0.15) is 32.2 Å². The summed E-state index contributed by atoms with van der Waals surface area (Å²) in [5.41, 5.74) is 0.963. The van der Waals surface area contributed by atoms with E-state index in [2.05, 4.69) is 25.9 Å². The number of carbonyl (C=O) groups is 2. The number of amides is 2. The molecule has 1 aromatic heterocycles. The van der Waals surface area contributed by atoms with Crippen molar-refractivity contribution < 1.29 is 14.3 Å². The fourth-order valence-electron chi connectivity index (χ4n) is 2.67. The lowest BCUT2D eigenvalue weighted by Crippen LogP contribution is -2.49. The SMILES string of the molecule is CC(C)(C)OC(=O)N1c2ccccc2CC1C(=O)NCc1nn[nH]n1. The van der Waals surface area contributed by atoms with Gasteiger partial charge in [0.15, 0.2) is 5.82 Å². The average Bonchev–Trinajstić information content (AvgIpc) is 3.18. The Hall–Kier alpha value is -2.97. The molecule has 1 unspecified atom stereocenters. The highest BCUT2D eigenvalue weighted by atomic mass is 16.6. The van der Waals surface area contributed by atoms with Crippen LogP contribution in [0.5, 0.6) is 0 Å². The fourth-order valence-corrected chi connectivity index (χ4v) is 2.67. The third-order valence-corrected chi connectivity index (χ3v) is 3.68. The van der Waals surface area contributed by atoms with Crippen molar-refractivity contribution in [2.45, 2.75) is 45.4 Å². The van der Waals surface area contributed by atoms with Crippen molar-refractivity contribution in [1.29, 1.82) is 0 Å². The van der Waals surface area contributed by atoms with Gasteiger partial charge in [-0.05, 0) is 32.4 Å². The second kappa shape index (κ2) is 6.50. The van der Waals surface area contributed by atoms with Gasteiger partial charge in [-0.3, -0.25) is 9.69 Å². The van der Waals surface area contributed by atoms with Crippen LogP contribution in [0, 0.1) is 0 Å². The number of hydrogen-bond acceptors (Lipinski definition) is 6. The van der Waals surface area contributed by atoms with E-state index in [9.17, 15) is 9.59 Å². The second-order valence-corrected chi connectivity index (χ2v) is 6.74. The number of rotatable bonds is 3. The van der Waals surface area contributed by atoms with Crippen LogP contribution in [0.15, 0.2) is 24.3 Å². The van der Waals surface area contributed by atoms with Crippen molar-refractivity contribution in [3.05, 3.63) is 35.7 Å². The van der Waals surface area contributed by atoms with E-state index in [-0.39, 0.29) is 12.5 Å². The molecule has 1 aromatic carbocycles. The van der Waals surface area contributed by atoms with Gasteiger partial charge in [-0.15, -0.1) is 10.2 Å². The second-order valence-electron chi connectivity index (χ2n) is 6.74. The number of anilines is 1. The average molecular weight is 344 g/mol. The molecule has 1 aliphatic rings. The van der Waals surface area contributed by atoms with E-state index >= 15 is 0 Å². The quantitative estimate of drug-likeness (QED) is 0.864. The first-order valence-electron chi connectivity index (χ1n) is 7.95. The van der Waals surface area contributed by atoms with Gasteiger partial charge in [0.05, 0.1) is 12.2 Å². The van der Waals surface area contributed by atoms with Gasteiger partial charge >= 0.3 is 6.09 Å². The van der Waals surface area contributed by atoms with Crippen molar-refractivity contribution in [2.24, 2.45) is 0 Å². The summed E-state index contributed by atoms with van der Waals surface area (Å²) < 4.78 is 5.48. The maximum absolute atomic E-state index is 12.7. The standard InChI is InChI=1S/C16H20N6O3/c1-16(2,3)25-15(24)22-11-7-5-4-6-10(11)8-12(22)14(23)17-9-13-18-20-21-19-13/h4-7,12H,8-9H2,1-3H3,(H,17,23)(H,18,19,20,21). The van der Waals surface area contributed by atoms with Crippen LogP contribution < -0.4 is 10.2 Å². The van der Waals surface area contributed by atoms with Gasteiger partial charge in [-0.1, -0.05) is 23.4 Å². The van der Waals surface area contributed by atoms with Crippen LogP contribution in [0.2, 0.25) is 0 Å². The van der Waals surface area contributed by atoms with E-state index in [1.165, 1.54) is 4.90 Å². The van der Waals surface area contributed by atoms with Gasteiger partial charge in [-0.25, -0.2) is 4.79 Å². The number of carbonyl (C=O) groups excluding carboxylic acids is 2. The Labute approximate surface area is 144 Å². The Kier molecular flexibility index (Phi) is 4.39. The zero-order valence-electron chi connectivity index (χ0n) is 14.3. The molecular formula is C16H20N6O3. The Balaban J connectivity index is 1.79. The lowest BCUT2D eigenvalue weighted by atomic mass is 10.1. The Morgan fingerprint density at radius 3 is 2.80 bits per heavy atom. The highest BCUT2D eigenvalue weighted by Crippen LogP contribution is 2.33. The van der Waals surface area contributed by atoms with Crippen molar-refractivity contribution in [2.75, 3.05) is 4.90 Å². The van der Waals surface area contributed by atoms with Gasteiger partial charge in [0.1, 0.15) is 11.6 Å². The number of ether oxygens (including phenoxy) is 1. The highest BCUT2D eigenvalue weighted by molar-refractivity contribution is 6.00. The maximum atomic E-state index is 12.7. The van der Waals surface area contributed by atoms with Crippen molar-refractivity contribution >= 4 is 17.7 Å². The first-order valence-corrected chi connectivity index (χ1v) is 7.95. The number of nitrogens with zero attached hydrogens (tertiary/aromatic N) is 4. The van der Waals surface area contributed by atoms with Gasteiger partial charge in [0.2, 0.25) is 5.91 Å². The molecular weight excluding hydrogens is 324 g/mol. The largest absolute Gasteiger partial charge is 0.443 e. The number of H-pyrrole nitrogens is 1. The van der Waals surface area contributed by atoms with Crippen molar-refractivity contribution in [3.63, 3.8) is 0 Å². The topological polar surface area (TPSA) is 113 Å². The molecule has 2 N–H and O–H groups in total. The summed E-state index contributed by atoms with van der Waals surface area (Å²) in [6.45, 7) is 5.50. The first-order chi connectivity index (χ1) is 11.8. The molecule has 0 radical (unpaired) electrons. The molecule has 0 bridgehead atoms. The van der Waals surface area contributed by atoms with E-state index in [1.54, 1.807) is 20.8 Å². The molecule has 1 atom stereocenters. The summed E-state index contributed by atoms with van der Waals surface area (Å²) in [5, 5.41) is 16.1. The Bertz CT molecular complexity index is 768. The third-order valence-electron chi connectivity index (χ3n) is 3.68. The molecule has 9 heteroatoms. The summed E-state index contributed by atoms with van der Waals surface area (Å²) in [6, 6.07) is 6.74. The van der Waals surface area contributed by atoms with E-state index in [0.29, 0.717) is 17.9 Å². The summed E-state index contributed by atoms with van der Waals surface area (Å²) in [6.07, 6.45) is -0.120. The van der Waals surface area contributed by atoms with E-state index in [1.807, 2.05) is 24.3 Å². The molecule has 1 aliphatic heterocycles. The van der Waals surface area contributed by atoms with E-state index in [0.717, 1.165) is 5.56 Å². The molecule has 132 valence electrons. The molecule has 0 spiro atoms. The van der Waals surface area contributed by atoms with Crippen LogP contribution >= 0.6 is 0 Å². The molecule has 0 aliphatic carbocycles. The van der Waals surface area contributed by atoms with Gasteiger partial charge in [0, 0.05) is 6.42 Å². The maximum Gasteiger partial charge on any atom is 0.415 e. The zero-order chi connectivity index (χ0) is 18.0. The fraction of sp³-hybridized carbons (Fsp3) is 0.438. The minimum atomic E-state index is -0.681. The van der Waals surface area contributed by atoms with Crippen molar-refractivity contribution in [3.8, 4) is 0 Å². The Morgan fingerprint density at radius 1 is 1.36 bits per heavy atom. The molecule has 0 saturated heterocycles. The van der Waals surface area contributed by atoms with E-state index < -0.39 is 17.7 Å². The molecule has 25 heavy (non-hydrogen) atoms. The number of nitrogens with one attached hydrogen (secondary N) is 2. The molecule has 3 rings (SSSR count). The predicted octanol–water partition coefficient (Wildman–Crippen LogP) is 1.18. The number of tetrazole rings is 1. The van der Waals surface area contributed by atoms with Gasteiger partial charge in [-0.2, -0.15) is 5.21 Å². The molecule has 2 aromatic rings. The van der Waals surface area contributed by atoms with Crippen LogP contribution in [0.4, 0.5) is 10.5 Å². The third kappa shape index (κ3) is 3.76. The zero-order valence-corrected chi connectivity index (χ0v) is 14.3. The monoisotopic (exact) mass is 344 g/mol. The van der Waals surface area contributed by atoms with Gasteiger partial charge in [0.25, 0.3) is 0 Å². The summed E-state index contributed by atoms with van der Waals surface area (Å²) in [4.78, 5) is 26.7. The number of aromatic nitrogens is 4. The summed E-state index contributed by atoms with van der Waals surface area (Å²) >= 11 is 0. The van der Waals surface area contributed by atoms with Gasteiger partial charge < -0.3 is 10.1 Å². The number of benzene rings is 1. The minimum absolute atomic E-state index is 0.129. The summed E-state index contributed by atoms with van der Waals surface area (Å²) in [5.74, 6) is 0.0690. The predicted molar refractivity (Wildman–Crippen MR) is 88.7 cm³/mol. The molecule has 0 fully saturated rings. The number of fused-ring (bicyclic) bond motifs is 1. The van der Waals surface area contributed by atoms with Crippen LogP contribution in [0.25, 0.3) is 0 Å². The van der Waals surface area contributed by atoms with Crippen LogP contribution in [0.3, 0.4) is 0 Å². The lowest BCUT2D eigenvalue weighted by Gasteiger charge is -2.28. The molecule has 0 saturated carbocycles. The minimum Gasteiger partial charge on any atom is -0.443 e. The number of para-hydroxylation sites is 1. The first kappa shape index (κ1) is 16.9. The normalized spacial score (nSPS) is 16.4. The smallest absolute Gasteiger partial charge is 0.415 e. The highest BCUT2D eigenvalue weighted by Gasteiger charge is 2.40. The number of hydrogen-bond donors (Lipinski definition) is 2. The Morgan fingerprint density at radius 2 is 2.12 bits per heavy atom. The van der Waals surface area contributed by atoms with E-state index in [4.69, 9.17) is 4.74 Å². The molecule has 9 nitrogen and oxygen atoms in total. The van der Waals surface area contributed by atoms with Crippen LogP contribution in [-0.4, -0.2) is 44.3 Å². The summed E-state index contributed by atoms with van der Waals surface area (Å²) in [7, 11) is 0. The molecule has 2 heterocycles.